The molecule has 0 saturated carbocycles. The molecule has 0 atom stereocenters. The number of hydrogen-bond acceptors (Lipinski definition) is 5. The number of aryl methyl sites for hydroxylation is 2. The van der Waals surface area contributed by atoms with E-state index in [0.717, 1.165) is 22.0 Å². The van der Waals surface area contributed by atoms with Crippen molar-refractivity contribution in [1.29, 1.82) is 0 Å². The summed E-state index contributed by atoms with van der Waals surface area (Å²) >= 11 is 1.59. The molecule has 19 heavy (non-hydrogen) atoms. The van der Waals surface area contributed by atoms with E-state index in [4.69, 9.17) is 0 Å². The maximum absolute atomic E-state index is 11.0. The van der Waals surface area contributed by atoms with E-state index in [0.29, 0.717) is 13.0 Å². The van der Waals surface area contributed by atoms with Crippen molar-refractivity contribution in [2.24, 2.45) is 0 Å². The average molecular weight is 277 g/mol. The van der Waals surface area contributed by atoms with E-state index in [9.17, 15) is 10.1 Å². The largest absolute Gasteiger partial charge is 0.379 e. The zero-order chi connectivity index (χ0) is 13.8. The van der Waals surface area contributed by atoms with Crippen LogP contribution in [0.3, 0.4) is 0 Å². The Labute approximate surface area is 115 Å². The molecule has 1 aromatic carbocycles. The Morgan fingerprint density at radius 3 is 2.84 bits per heavy atom. The fraction of sp³-hybridized carbons (Fsp3) is 0.308. The van der Waals surface area contributed by atoms with Crippen molar-refractivity contribution < 1.29 is 4.92 Å². The first kappa shape index (κ1) is 13.5. The third-order valence-corrected chi connectivity index (χ3v) is 3.63. The third-order valence-electron chi connectivity index (χ3n) is 2.80. The molecule has 0 fully saturated rings. The first-order chi connectivity index (χ1) is 9.10. The maximum Gasteiger partial charge on any atom is 0.274 e. The molecule has 0 aliphatic rings. The van der Waals surface area contributed by atoms with Gasteiger partial charge in [0.05, 0.1) is 22.2 Å². The van der Waals surface area contributed by atoms with Crippen LogP contribution in [0.25, 0.3) is 0 Å². The standard InChI is InChI=1S/C13H15N3O2S/c1-3-10-4-5-11(6-13(10)16(17)18)14-7-12-8-19-9(2)15-12/h4-6,8,14H,3,7H2,1-2H3. The van der Waals surface area contributed by atoms with Gasteiger partial charge in [-0.3, -0.25) is 10.1 Å². The Hall–Kier alpha value is -1.95. The zero-order valence-electron chi connectivity index (χ0n) is 10.8. The van der Waals surface area contributed by atoms with Crippen LogP contribution in [-0.4, -0.2) is 9.91 Å². The molecule has 0 saturated heterocycles. The number of anilines is 1. The molecule has 0 spiro atoms. The Morgan fingerprint density at radius 1 is 1.47 bits per heavy atom. The predicted molar refractivity (Wildman–Crippen MR) is 76.7 cm³/mol. The van der Waals surface area contributed by atoms with Crippen LogP contribution in [0.5, 0.6) is 0 Å². The van der Waals surface area contributed by atoms with Crippen molar-refractivity contribution in [3.8, 4) is 0 Å². The van der Waals surface area contributed by atoms with Gasteiger partial charge < -0.3 is 5.32 Å². The Balaban J connectivity index is 2.12. The first-order valence-corrected chi connectivity index (χ1v) is 6.90. The molecular weight excluding hydrogens is 262 g/mol. The normalized spacial score (nSPS) is 10.4. The van der Waals surface area contributed by atoms with Gasteiger partial charge in [-0.05, 0) is 19.4 Å². The fourth-order valence-corrected chi connectivity index (χ4v) is 2.44. The van der Waals surface area contributed by atoms with Crippen molar-refractivity contribution in [1.82, 2.24) is 4.98 Å². The minimum Gasteiger partial charge on any atom is -0.379 e. The van der Waals surface area contributed by atoms with E-state index < -0.39 is 0 Å². The Kier molecular flexibility index (Phi) is 4.11. The highest BCUT2D eigenvalue weighted by molar-refractivity contribution is 7.09. The molecule has 1 aromatic heterocycles. The van der Waals surface area contributed by atoms with Crippen LogP contribution in [0.15, 0.2) is 23.6 Å². The van der Waals surface area contributed by atoms with Crippen LogP contribution in [0.4, 0.5) is 11.4 Å². The lowest BCUT2D eigenvalue weighted by Gasteiger charge is -2.06. The third kappa shape index (κ3) is 3.29. The number of hydrogen-bond donors (Lipinski definition) is 1. The summed E-state index contributed by atoms with van der Waals surface area (Å²) in [4.78, 5) is 15.0. The molecule has 0 radical (unpaired) electrons. The number of nitrogens with zero attached hydrogens (tertiary/aromatic N) is 2. The predicted octanol–water partition coefficient (Wildman–Crippen LogP) is 3.53. The summed E-state index contributed by atoms with van der Waals surface area (Å²) in [6, 6.07) is 5.25. The van der Waals surface area contributed by atoms with Gasteiger partial charge in [-0.15, -0.1) is 11.3 Å². The number of aromatic nitrogens is 1. The van der Waals surface area contributed by atoms with Crippen LogP contribution < -0.4 is 5.32 Å². The molecule has 100 valence electrons. The highest BCUT2D eigenvalue weighted by Gasteiger charge is 2.12. The average Bonchev–Trinajstić information content (AvgIpc) is 2.81. The summed E-state index contributed by atoms with van der Waals surface area (Å²) in [5, 5.41) is 17.1. The summed E-state index contributed by atoms with van der Waals surface area (Å²) in [7, 11) is 0. The molecule has 0 aliphatic carbocycles. The highest BCUT2D eigenvalue weighted by atomic mass is 32.1. The van der Waals surface area contributed by atoms with Gasteiger partial charge in [-0.2, -0.15) is 0 Å². The molecule has 1 heterocycles. The van der Waals surface area contributed by atoms with Gasteiger partial charge in [0.15, 0.2) is 0 Å². The van der Waals surface area contributed by atoms with Crippen LogP contribution >= 0.6 is 11.3 Å². The smallest absolute Gasteiger partial charge is 0.274 e. The summed E-state index contributed by atoms with van der Waals surface area (Å²) in [6.45, 7) is 4.44. The van der Waals surface area contributed by atoms with Crippen LogP contribution in [0.1, 0.15) is 23.2 Å². The lowest BCUT2D eigenvalue weighted by atomic mass is 10.1. The van der Waals surface area contributed by atoms with E-state index in [1.165, 1.54) is 0 Å². The van der Waals surface area contributed by atoms with Gasteiger partial charge >= 0.3 is 0 Å². The summed E-state index contributed by atoms with van der Waals surface area (Å²) in [5.41, 5.74) is 2.61. The summed E-state index contributed by atoms with van der Waals surface area (Å²) < 4.78 is 0. The van der Waals surface area contributed by atoms with Gasteiger partial charge in [-0.1, -0.05) is 13.0 Å². The number of rotatable bonds is 5. The van der Waals surface area contributed by atoms with Crippen molar-refractivity contribution >= 4 is 22.7 Å². The molecule has 2 aromatic rings. The Bertz CT molecular complexity index is 595. The first-order valence-electron chi connectivity index (χ1n) is 6.02. The van der Waals surface area contributed by atoms with Gasteiger partial charge in [0, 0.05) is 22.7 Å². The molecule has 0 amide bonds. The van der Waals surface area contributed by atoms with Gasteiger partial charge in [-0.25, -0.2) is 4.98 Å². The molecule has 1 N–H and O–H groups in total. The van der Waals surface area contributed by atoms with Gasteiger partial charge in [0.25, 0.3) is 5.69 Å². The van der Waals surface area contributed by atoms with Crippen LogP contribution in [-0.2, 0) is 13.0 Å². The lowest BCUT2D eigenvalue weighted by Crippen LogP contribution is -2.02. The number of nitro benzene ring substituents is 1. The Morgan fingerprint density at radius 2 is 2.26 bits per heavy atom. The van der Waals surface area contributed by atoms with Crippen LogP contribution in [0.2, 0.25) is 0 Å². The van der Waals surface area contributed by atoms with E-state index in [1.807, 2.05) is 25.3 Å². The van der Waals surface area contributed by atoms with E-state index >= 15 is 0 Å². The van der Waals surface area contributed by atoms with Crippen molar-refractivity contribution in [3.05, 3.63) is 50.0 Å². The second-order valence-electron chi connectivity index (χ2n) is 4.17. The summed E-state index contributed by atoms with van der Waals surface area (Å²) in [5.74, 6) is 0. The van der Waals surface area contributed by atoms with E-state index in [2.05, 4.69) is 10.3 Å². The highest BCUT2D eigenvalue weighted by Crippen LogP contribution is 2.24. The lowest BCUT2D eigenvalue weighted by molar-refractivity contribution is -0.385. The van der Waals surface area contributed by atoms with Gasteiger partial charge in [0.2, 0.25) is 0 Å². The minimum absolute atomic E-state index is 0.168. The zero-order valence-corrected chi connectivity index (χ0v) is 11.7. The molecule has 0 aliphatic heterocycles. The minimum atomic E-state index is -0.336. The molecule has 0 unspecified atom stereocenters. The maximum atomic E-state index is 11.0. The molecule has 0 bridgehead atoms. The van der Waals surface area contributed by atoms with Crippen molar-refractivity contribution in [3.63, 3.8) is 0 Å². The molecule has 6 heteroatoms. The summed E-state index contributed by atoms with van der Waals surface area (Å²) in [6.07, 6.45) is 0.655. The second kappa shape index (κ2) is 5.79. The number of nitrogens with one attached hydrogen (secondary N) is 1. The van der Waals surface area contributed by atoms with Crippen LogP contribution in [0, 0.1) is 17.0 Å². The number of nitro groups is 1. The number of benzene rings is 1. The quantitative estimate of drug-likeness (QED) is 0.670. The molecule has 2 rings (SSSR count). The van der Waals surface area contributed by atoms with E-state index in [-0.39, 0.29) is 10.6 Å². The van der Waals surface area contributed by atoms with Gasteiger partial charge in [0.1, 0.15) is 0 Å². The number of thiazole rings is 1. The molecular formula is C13H15N3O2S. The molecule has 5 nitrogen and oxygen atoms in total. The SMILES string of the molecule is CCc1ccc(NCc2csc(C)n2)cc1[N+](=O)[O-]. The fourth-order valence-electron chi connectivity index (χ4n) is 1.82. The van der Waals surface area contributed by atoms with E-state index in [1.54, 1.807) is 23.5 Å². The topological polar surface area (TPSA) is 68.1 Å². The monoisotopic (exact) mass is 277 g/mol. The van der Waals surface area contributed by atoms with Crippen molar-refractivity contribution in [2.45, 2.75) is 26.8 Å². The second-order valence-corrected chi connectivity index (χ2v) is 5.23. The van der Waals surface area contributed by atoms with Crippen molar-refractivity contribution in [2.75, 3.05) is 5.32 Å².